The van der Waals surface area contributed by atoms with E-state index in [4.69, 9.17) is 23.4 Å². The molecule has 0 aliphatic carbocycles. The standard InChI is InChI=1S/C21H24N2O6/c1-4-27-18(24)12-26-9-14(2)10-28-20-19-17(11-29-21(19)23-13-22-20)15-5-7-16(25-3)8-6-15/h5-8,11,13-14H,4,9-10,12H2,1-3H3/t14-/m1/s1. The fourth-order valence-corrected chi connectivity index (χ4v) is 2.76. The molecule has 3 rings (SSSR count). The average molecular weight is 400 g/mol. The first-order valence-corrected chi connectivity index (χ1v) is 9.35. The van der Waals surface area contributed by atoms with Gasteiger partial charge in [0, 0.05) is 11.5 Å². The van der Waals surface area contributed by atoms with Crippen LogP contribution in [0.3, 0.4) is 0 Å². The summed E-state index contributed by atoms with van der Waals surface area (Å²) in [6.45, 7) is 4.72. The van der Waals surface area contributed by atoms with Gasteiger partial charge in [-0.1, -0.05) is 19.1 Å². The molecular formula is C21H24N2O6. The van der Waals surface area contributed by atoms with E-state index in [0.29, 0.717) is 36.8 Å². The van der Waals surface area contributed by atoms with Crippen molar-refractivity contribution >= 4 is 17.1 Å². The fourth-order valence-electron chi connectivity index (χ4n) is 2.76. The largest absolute Gasteiger partial charge is 0.497 e. The first-order chi connectivity index (χ1) is 14.1. The van der Waals surface area contributed by atoms with Crippen LogP contribution < -0.4 is 9.47 Å². The van der Waals surface area contributed by atoms with Gasteiger partial charge in [0.15, 0.2) is 0 Å². The third-order valence-electron chi connectivity index (χ3n) is 4.17. The van der Waals surface area contributed by atoms with Gasteiger partial charge in [0.05, 0.1) is 26.9 Å². The smallest absolute Gasteiger partial charge is 0.332 e. The van der Waals surface area contributed by atoms with E-state index in [1.54, 1.807) is 20.3 Å². The van der Waals surface area contributed by atoms with E-state index < -0.39 is 0 Å². The molecular weight excluding hydrogens is 376 g/mol. The highest BCUT2D eigenvalue weighted by atomic mass is 16.6. The maximum absolute atomic E-state index is 11.3. The summed E-state index contributed by atoms with van der Waals surface area (Å²) >= 11 is 0. The number of carbonyl (C=O) groups excluding carboxylic acids is 1. The molecule has 2 heterocycles. The molecule has 0 bridgehead atoms. The molecule has 1 aromatic carbocycles. The van der Waals surface area contributed by atoms with Gasteiger partial charge in [-0.2, -0.15) is 0 Å². The third kappa shape index (κ3) is 5.23. The number of nitrogens with zero attached hydrogens (tertiary/aromatic N) is 2. The van der Waals surface area contributed by atoms with Crippen LogP contribution in [-0.2, 0) is 14.3 Å². The Morgan fingerprint density at radius 3 is 2.69 bits per heavy atom. The molecule has 154 valence electrons. The molecule has 0 N–H and O–H groups in total. The number of benzene rings is 1. The van der Waals surface area contributed by atoms with Crippen molar-refractivity contribution in [1.82, 2.24) is 9.97 Å². The van der Waals surface area contributed by atoms with Crippen LogP contribution in [0.25, 0.3) is 22.2 Å². The van der Waals surface area contributed by atoms with Gasteiger partial charge < -0.3 is 23.4 Å². The summed E-state index contributed by atoms with van der Waals surface area (Å²) in [5.74, 6) is 0.879. The van der Waals surface area contributed by atoms with Crippen molar-refractivity contribution in [1.29, 1.82) is 0 Å². The molecule has 1 atom stereocenters. The van der Waals surface area contributed by atoms with Crippen molar-refractivity contribution in [3.8, 4) is 22.8 Å². The highest BCUT2D eigenvalue weighted by Crippen LogP contribution is 2.35. The number of hydrogen-bond acceptors (Lipinski definition) is 8. The van der Waals surface area contributed by atoms with E-state index in [9.17, 15) is 4.79 Å². The van der Waals surface area contributed by atoms with Crippen LogP contribution in [0.4, 0.5) is 0 Å². The van der Waals surface area contributed by atoms with Crippen molar-refractivity contribution in [2.24, 2.45) is 5.92 Å². The van der Waals surface area contributed by atoms with Gasteiger partial charge >= 0.3 is 5.97 Å². The number of hydrogen-bond donors (Lipinski definition) is 0. The molecule has 2 aromatic heterocycles. The Morgan fingerprint density at radius 1 is 1.17 bits per heavy atom. The molecule has 0 fully saturated rings. The molecule has 0 amide bonds. The molecule has 0 saturated heterocycles. The zero-order valence-corrected chi connectivity index (χ0v) is 16.7. The zero-order chi connectivity index (χ0) is 20.6. The van der Waals surface area contributed by atoms with Crippen molar-refractivity contribution in [2.45, 2.75) is 13.8 Å². The maximum Gasteiger partial charge on any atom is 0.332 e. The van der Waals surface area contributed by atoms with Crippen LogP contribution in [0.5, 0.6) is 11.6 Å². The van der Waals surface area contributed by atoms with Crippen molar-refractivity contribution in [3.63, 3.8) is 0 Å². The predicted octanol–water partition coefficient (Wildman–Crippen LogP) is 3.49. The van der Waals surface area contributed by atoms with E-state index in [1.807, 2.05) is 31.2 Å². The summed E-state index contributed by atoms with van der Waals surface area (Å²) < 4.78 is 26.9. The minimum absolute atomic E-state index is 0.0470. The lowest BCUT2D eigenvalue weighted by atomic mass is 10.1. The number of ether oxygens (including phenoxy) is 4. The second-order valence-corrected chi connectivity index (χ2v) is 6.47. The summed E-state index contributed by atoms with van der Waals surface area (Å²) in [5.41, 5.74) is 2.23. The first-order valence-electron chi connectivity index (χ1n) is 9.35. The average Bonchev–Trinajstić information content (AvgIpc) is 3.17. The van der Waals surface area contributed by atoms with E-state index in [1.165, 1.54) is 6.33 Å². The second-order valence-electron chi connectivity index (χ2n) is 6.47. The van der Waals surface area contributed by atoms with E-state index >= 15 is 0 Å². The maximum atomic E-state index is 11.3. The van der Waals surface area contributed by atoms with Gasteiger partial charge in [-0.05, 0) is 24.6 Å². The van der Waals surface area contributed by atoms with E-state index in [2.05, 4.69) is 9.97 Å². The monoisotopic (exact) mass is 400 g/mol. The molecule has 0 unspecified atom stereocenters. The fraction of sp³-hybridized carbons (Fsp3) is 0.381. The lowest BCUT2D eigenvalue weighted by Crippen LogP contribution is -2.19. The van der Waals surface area contributed by atoms with Gasteiger partial charge in [0.2, 0.25) is 11.6 Å². The van der Waals surface area contributed by atoms with Crippen LogP contribution in [0.2, 0.25) is 0 Å². The highest BCUT2D eigenvalue weighted by Gasteiger charge is 2.17. The Morgan fingerprint density at radius 2 is 1.97 bits per heavy atom. The molecule has 3 aromatic rings. The van der Waals surface area contributed by atoms with Crippen molar-refractivity contribution < 1.29 is 28.2 Å². The molecule has 8 heteroatoms. The number of esters is 1. The number of fused-ring (bicyclic) bond motifs is 1. The summed E-state index contributed by atoms with van der Waals surface area (Å²) in [6, 6.07) is 7.63. The zero-order valence-electron chi connectivity index (χ0n) is 16.7. The Hall–Kier alpha value is -3.13. The normalized spacial score (nSPS) is 12.0. The SMILES string of the molecule is CCOC(=O)COC[C@@H](C)COc1ncnc2occ(-c3ccc(OC)cc3)c12. The van der Waals surface area contributed by atoms with Gasteiger partial charge in [0.25, 0.3) is 0 Å². The van der Waals surface area contributed by atoms with E-state index in [-0.39, 0.29) is 18.5 Å². The van der Waals surface area contributed by atoms with Crippen molar-refractivity contribution in [3.05, 3.63) is 36.9 Å². The lowest BCUT2D eigenvalue weighted by molar-refractivity contribution is -0.148. The second kappa shape index (κ2) is 9.88. The van der Waals surface area contributed by atoms with Crippen LogP contribution >= 0.6 is 0 Å². The number of rotatable bonds is 10. The molecule has 0 spiro atoms. The van der Waals surface area contributed by atoms with Gasteiger partial charge in [-0.15, -0.1) is 0 Å². The number of aromatic nitrogens is 2. The summed E-state index contributed by atoms with van der Waals surface area (Å²) in [4.78, 5) is 19.8. The Balaban J connectivity index is 1.68. The molecule has 0 aliphatic rings. The number of furan rings is 1. The summed E-state index contributed by atoms with van der Waals surface area (Å²) in [6.07, 6.45) is 3.04. The van der Waals surface area contributed by atoms with Gasteiger partial charge in [0.1, 0.15) is 30.3 Å². The number of carbonyl (C=O) groups is 1. The van der Waals surface area contributed by atoms with Crippen LogP contribution in [0, 0.1) is 5.92 Å². The van der Waals surface area contributed by atoms with Crippen LogP contribution in [0.1, 0.15) is 13.8 Å². The third-order valence-corrected chi connectivity index (χ3v) is 4.17. The summed E-state index contributed by atoms with van der Waals surface area (Å²) in [7, 11) is 1.62. The quantitative estimate of drug-likeness (QED) is 0.478. The van der Waals surface area contributed by atoms with E-state index in [0.717, 1.165) is 16.9 Å². The highest BCUT2D eigenvalue weighted by molar-refractivity contribution is 5.95. The minimum Gasteiger partial charge on any atom is -0.497 e. The Bertz CT molecular complexity index is 938. The van der Waals surface area contributed by atoms with Crippen LogP contribution in [0.15, 0.2) is 41.3 Å². The topological polar surface area (TPSA) is 92.9 Å². The van der Waals surface area contributed by atoms with Crippen LogP contribution in [-0.4, -0.2) is 49.5 Å². The Labute approximate surface area is 168 Å². The molecule has 0 radical (unpaired) electrons. The first kappa shape index (κ1) is 20.6. The Kier molecular flexibility index (Phi) is 7.02. The van der Waals surface area contributed by atoms with Gasteiger partial charge in [-0.3, -0.25) is 0 Å². The molecule has 0 aliphatic heterocycles. The van der Waals surface area contributed by atoms with Gasteiger partial charge in [-0.25, -0.2) is 14.8 Å². The molecule has 0 saturated carbocycles. The number of methoxy groups -OCH3 is 1. The summed E-state index contributed by atoms with van der Waals surface area (Å²) in [5, 5.41) is 0.706. The lowest BCUT2D eigenvalue weighted by Gasteiger charge is -2.13. The molecule has 29 heavy (non-hydrogen) atoms. The minimum atomic E-state index is -0.374. The predicted molar refractivity (Wildman–Crippen MR) is 106 cm³/mol. The molecule has 8 nitrogen and oxygen atoms in total. The van der Waals surface area contributed by atoms with Crippen molar-refractivity contribution in [2.75, 3.05) is 33.5 Å².